The molecule has 4 nitrogen and oxygen atoms in total. The van der Waals surface area contributed by atoms with Crippen molar-refractivity contribution in [3.8, 4) is 0 Å². The van der Waals surface area contributed by atoms with Crippen LogP contribution in [-0.4, -0.2) is 30.3 Å². The molecule has 1 fully saturated rings. The Morgan fingerprint density at radius 2 is 1.77 bits per heavy atom. The minimum Gasteiger partial charge on any atom is -0.356 e. The maximum atomic E-state index is 12.7. The van der Waals surface area contributed by atoms with Gasteiger partial charge in [-0.1, -0.05) is 49.4 Å². The molecule has 0 bridgehead atoms. The highest BCUT2D eigenvalue weighted by Gasteiger charge is 2.38. The molecule has 3 rings (SSSR count). The van der Waals surface area contributed by atoms with E-state index < -0.39 is 11.7 Å². The van der Waals surface area contributed by atoms with Crippen LogP contribution in [0.4, 0.5) is 13.2 Å². The van der Waals surface area contributed by atoms with Crippen LogP contribution in [0.2, 0.25) is 0 Å². The Kier molecular flexibility index (Phi) is 6.48. The molecule has 1 saturated heterocycles. The lowest BCUT2D eigenvalue weighted by molar-refractivity contribution is -0.137. The molecule has 7 heteroatoms. The van der Waals surface area contributed by atoms with Gasteiger partial charge in [0.25, 0.3) is 0 Å². The summed E-state index contributed by atoms with van der Waals surface area (Å²) in [6.45, 7) is 2.18. The van der Waals surface area contributed by atoms with E-state index in [-0.39, 0.29) is 36.1 Å². The molecule has 1 aliphatic rings. The Balaban J connectivity index is 1.57. The fourth-order valence-corrected chi connectivity index (χ4v) is 3.99. The van der Waals surface area contributed by atoms with Crippen molar-refractivity contribution in [1.82, 2.24) is 10.2 Å². The lowest BCUT2D eigenvalue weighted by atomic mass is 9.93. The molecule has 160 valence electrons. The van der Waals surface area contributed by atoms with Crippen molar-refractivity contribution in [3.05, 3.63) is 71.3 Å². The summed E-state index contributed by atoms with van der Waals surface area (Å²) in [7, 11) is 1.77. The molecule has 1 heterocycles. The van der Waals surface area contributed by atoms with Gasteiger partial charge in [0, 0.05) is 32.4 Å². The Morgan fingerprint density at radius 3 is 2.37 bits per heavy atom. The largest absolute Gasteiger partial charge is 0.416 e. The Bertz CT molecular complexity index is 882. The molecule has 0 aliphatic carbocycles. The smallest absolute Gasteiger partial charge is 0.356 e. The average Bonchev–Trinajstić information content (AvgIpc) is 3.00. The van der Waals surface area contributed by atoms with Crippen molar-refractivity contribution in [2.75, 3.05) is 13.6 Å². The third-order valence-corrected chi connectivity index (χ3v) is 5.70. The highest BCUT2D eigenvalue weighted by atomic mass is 19.4. The van der Waals surface area contributed by atoms with Crippen LogP contribution < -0.4 is 5.32 Å². The molecule has 30 heavy (non-hydrogen) atoms. The first-order valence-electron chi connectivity index (χ1n) is 9.91. The summed E-state index contributed by atoms with van der Waals surface area (Å²) >= 11 is 0. The third-order valence-electron chi connectivity index (χ3n) is 5.70. The van der Waals surface area contributed by atoms with Gasteiger partial charge in [-0.2, -0.15) is 13.2 Å². The molecule has 2 aromatic rings. The third kappa shape index (κ3) is 5.01. The van der Waals surface area contributed by atoms with Gasteiger partial charge < -0.3 is 10.2 Å². The molecule has 0 aromatic heterocycles. The first kappa shape index (κ1) is 21.9. The number of likely N-dealkylation sites (tertiary alicyclic amines) is 1. The number of alkyl halides is 3. The Morgan fingerprint density at radius 1 is 1.13 bits per heavy atom. The summed E-state index contributed by atoms with van der Waals surface area (Å²) < 4.78 is 38.1. The SMILES string of the molecule is C[C@H](CC(=O)NC[C@H]1CC(=O)N(C)[C@@H]1c1ccccc1)c1ccc(C(F)(F)F)cc1. The number of carbonyl (C=O) groups is 2. The Hall–Kier alpha value is -2.83. The van der Waals surface area contributed by atoms with E-state index in [9.17, 15) is 22.8 Å². The van der Waals surface area contributed by atoms with Crippen LogP contribution in [0.15, 0.2) is 54.6 Å². The standard InChI is InChI=1S/C23H25F3N2O2/c1-15(16-8-10-19(11-9-16)23(24,25)26)12-20(29)27-14-18-13-21(30)28(2)22(18)17-6-4-3-5-7-17/h3-11,15,18,22H,12-14H2,1-2H3,(H,27,29)/t15-,18-,22-/m1/s1. The minimum atomic E-state index is -4.37. The van der Waals surface area contributed by atoms with Gasteiger partial charge in [0.1, 0.15) is 0 Å². The number of amides is 2. The fraction of sp³-hybridized carbons (Fsp3) is 0.391. The maximum Gasteiger partial charge on any atom is 0.416 e. The maximum absolute atomic E-state index is 12.7. The second-order valence-corrected chi connectivity index (χ2v) is 7.85. The molecule has 1 aliphatic heterocycles. The van der Waals surface area contributed by atoms with Crippen LogP contribution in [0.3, 0.4) is 0 Å². The fourth-order valence-electron chi connectivity index (χ4n) is 3.99. The van der Waals surface area contributed by atoms with Gasteiger partial charge in [0.15, 0.2) is 0 Å². The van der Waals surface area contributed by atoms with Gasteiger partial charge in [-0.25, -0.2) is 0 Å². The number of nitrogens with one attached hydrogen (secondary N) is 1. The van der Waals surface area contributed by atoms with Crippen LogP contribution in [0.25, 0.3) is 0 Å². The second-order valence-electron chi connectivity index (χ2n) is 7.85. The summed E-state index contributed by atoms with van der Waals surface area (Å²) in [5.74, 6) is -0.391. The molecule has 0 unspecified atom stereocenters. The lowest BCUT2D eigenvalue weighted by Gasteiger charge is -2.25. The number of nitrogens with zero attached hydrogens (tertiary/aromatic N) is 1. The van der Waals surface area contributed by atoms with E-state index in [4.69, 9.17) is 0 Å². The summed E-state index contributed by atoms with van der Waals surface area (Å²) in [5, 5.41) is 2.90. The molecular formula is C23H25F3N2O2. The molecule has 2 aromatic carbocycles. The van der Waals surface area contributed by atoms with Crippen LogP contribution in [0.1, 0.15) is 48.4 Å². The highest BCUT2D eigenvalue weighted by molar-refractivity contribution is 5.80. The molecular weight excluding hydrogens is 393 g/mol. The second kappa shape index (κ2) is 8.90. The zero-order valence-electron chi connectivity index (χ0n) is 16.9. The van der Waals surface area contributed by atoms with Gasteiger partial charge in [0.05, 0.1) is 11.6 Å². The number of rotatable bonds is 6. The van der Waals surface area contributed by atoms with Gasteiger partial charge in [-0.05, 0) is 29.2 Å². The van der Waals surface area contributed by atoms with E-state index in [1.807, 2.05) is 37.3 Å². The van der Waals surface area contributed by atoms with Crippen LogP contribution >= 0.6 is 0 Å². The van der Waals surface area contributed by atoms with Crippen LogP contribution in [0.5, 0.6) is 0 Å². The van der Waals surface area contributed by atoms with Crippen molar-refractivity contribution in [2.24, 2.45) is 5.92 Å². The van der Waals surface area contributed by atoms with Gasteiger partial charge >= 0.3 is 6.18 Å². The van der Waals surface area contributed by atoms with Crippen molar-refractivity contribution in [2.45, 2.75) is 37.9 Å². The predicted molar refractivity (Wildman–Crippen MR) is 108 cm³/mol. The van der Waals surface area contributed by atoms with E-state index in [2.05, 4.69) is 5.32 Å². The zero-order chi connectivity index (χ0) is 21.9. The summed E-state index contributed by atoms with van der Waals surface area (Å²) in [5.41, 5.74) is 1.00. The number of carbonyl (C=O) groups excluding carboxylic acids is 2. The van der Waals surface area contributed by atoms with Gasteiger partial charge in [-0.15, -0.1) is 0 Å². The number of hydrogen-bond acceptors (Lipinski definition) is 2. The van der Waals surface area contributed by atoms with Crippen molar-refractivity contribution in [3.63, 3.8) is 0 Å². The topological polar surface area (TPSA) is 49.4 Å². The van der Waals surface area contributed by atoms with Crippen LogP contribution in [-0.2, 0) is 15.8 Å². The molecule has 2 amide bonds. The average molecular weight is 418 g/mol. The minimum absolute atomic E-state index is 0.0322. The van der Waals surface area contributed by atoms with E-state index in [0.29, 0.717) is 18.5 Å². The summed E-state index contributed by atoms with van der Waals surface area (Å²) in [4.78, 5) is 26.4. The zero-order valence-corrected chi connectivity index (χ0v) is 16.9. The molecule has 1 N–H and O–H groups in total. The predicted octanol–water partition coefficient (Wildman–Crippen LogP) is 4.53. The first-order valence-corrected chi connectivity index (χ1v) is 9.91. The molecule has 0 radical (unpaired) electrons. The molecule has 3 atom stereocenters. The number of halogens is 3. The van der Waals surface area contributed by atoms with Gasteiger partial charge in [0.2, 0.25) is 11.8 Å². The normalized spacial score (nSPS) is 20.3. The molecule has 0 spiro atoms. The molecule has 0 saturated carbocycles. The lowest BCUT2D eigenvalue weighted by Crippen LogP contribution is -2.33. The van der Waals surface area contributed by atoms with E-state index in [1.54, 1.807) is 11.9 Å². The quantitative estimate of drug-likeness (QED) is 0.749. The van der Waals surface area contributed by atoms with E-state index >= 15 is 0 Å². The Labute approximate surface area is 174 Å². The number of hydrogen-bond donors (Lipinski definition) is 1. The summed E-state index contributed by atoms with van der Waals surface area (Å²) in [6, 6.07) is 14.5. The van der Waals surface area contributed by atoms with Crippen molar-refractivity contribution < 1.29 is 22.8 Å². The van der Waals surface area contributed by atoms with Crippen molar-refractivity contribution >= 4 is 11.8 Å². The van der Waals surface area contributed by atoms with Crippen molar-refractivity contribution in [1.29, 1.82) is 0 Å². The van der Waals surface area contributed by atoms with E-state index in [1.165, 1.54) is 12.1 Å². The van der Waals surface area contributed by atoms with E-state index in [0.717, 1.165) is 17.7 Å². The van der Waals surface area contributed by atoms with Crippen LogP contribution in [0, 0.1) is 5.92 Å². The summed E-state index contributed by atoms with van der Waals surface area (Å²) in [6.07, 6.45) is -3.84. The van der Waals surface area contributed by atoms with Gasteiger partial charge in [-0.3, -0.25) is 9.59 Å². The first-order chi connectivity index (χ1) is 14.2. The monoisotopic (exact) mass is 418 g/mol. The highest BCUT2D eigenvalue weighted by Crippen LogP contribution is 2.36. The number of benzene rings is 2.